The minimum Gasteiger partial charge on any atom is -0.480 e. The summed E-state index contributed by atoms with van der Waals surface area (Å²) in [5, 5.41) is 26.1. The Morgan fingerprint density at radius 2 is 1.64 bits per heavy atom. The lowest BCUT2D eigenvalue weighted by atomic mass is 9.87. The number of carboxylic acid groups (broad SMARTS) is 1. The van der Waals surface area contributed by atoms with Crippen molar-refractivity contribution in [3.8, 4) is 0 Å². The topological polar surface area (TPSA) is 188 Å². The van der Waals surface area contributed by atoms with E-state index in [1.165, 1.54) is 13.8 Å². The van der Waals surface area contributed by atoms with Gasteiger partial charge in [-0.3, -0.25) is 24.0 Å². The van der Waals surface area contributed by atoms with E-state index >= 15 is 0 Å². The molecule has 0 spiro atoms. The van der Waals surface area contributed by atoms with Crippen molar-refractivity contribution in [1.82, 2.24) is 16.0 Å². The van der Waals surface area contributed by atoms with E-state index in [-0.39, 0.29) is 55.7 Å². The van der Waals surface area contributed by atoms with E-state index in [4.69, 9.17) is 9.84 Å². The largest absolute Gasteiger partial charge is 0.480 e. The smallest absolute Gasteiger partial charge is 0.326 e. The quantitative estimate of drug-likeness (QED) is 0.143. The number of carbonyl (C=O) groups excluding carboxylic acids is 5. The predicted molar refractivity (Wildman–Crippen MR) is 119 cm³/mol. The molecule has 0 aromatic carbocycles. The van der Waals surface area contributed by atoms with Crippen LogP contribution >= 0.6 is 11.8 Å². The Hall–Kier alpha value is -2.67. The molecule has 0 fully saturated rings. The van der Waals surface area contributed by atoms with Gasteiger partial charge in [-0.15, -0.1) is 0 Å². The molecule has 0 heterocycles. The van der Waals surface area contributed by atoms with Gasteiger partial charge in [0.25, 0.3) is 0 Å². The maximum atomic E-state index is 12.0. The Kier molecular flexibility index (Phi) is 14.0. The second-order valence-electron chi connectivity index (χ2n) is 7.91. The Morgan fingerprint density at radius 3 is 2.18 bits per heavy atom. The van der Waals surface area contributed by atoms with E-state index in [2.05, 4.69) is 16.0 Å². The molecule has 2 atom stereocenters. The van der Waals surface area contributed by atoms with E-state index in [0.717, 1.165) is 11.8 Å². The second kappa shape index (κ2) is 15.2. The van der Waals surface area contributed by atoms with Crippen LogP contribution in [0.15, 0.2) is 0 Å². The fourth-order valence-corrected chi connectivity index (χ4v) is 3.09. The fraction of sp³-hybridized carbons (Fsp3) is 0.700. The summed E-state index contributed by atoms with van der Waals surface area (Å²) in [5.41, 5.74) is -1.01. The van der Waals surface area contributed by atoms with Gasteiger partial charge in [-0.05, 0) is 6.42 Å². The number of ether oxygens (including phenoxy) is 1. The molecule has 5 N–H and O–H groups in total. The molecule has 12 nitrogen and oxygen atoms in total. The molecule has 0 aliphatic carbocycles. The average Bonchev–Trinajstić information content (AvgIpc) is 2.71. The number of carbonyl (C=O) groups is 6. The van der Waals surface area contributed by atoms with Crippen molar-refractivity contribution >= 4 is 46.5 Å². The van der Waals surface area contributed by atoms with Gasteiger partial charge in [0.1, 0.15) is 12.1 Å². The first kappa shape index (κ1) is 30.3. The zero-order chi connectivity index (χ0) is 25.6. The van der Waals surface area contributed by atoms with E-state index < -0.39 is 41.3 Å². The molecule has 0 bridgehead atoms. The Labute approximate surface area is 196 Å². The van der Waals surface area contributed by atoms with Gasteiger partial charge in [0.05, 0.1) is 6.61 Å². The molecule has 33 heavy (non-hydrogen) atoms. The molecule has 0 rings (SSSR count). The monoisotopic (exact) mass is 491 g/mol. The zero-order valence-electron chi connectivity index (χ0n) is 19.3. The molecule has 0 aliphatic heterocycles. The number of hydrogen-bond donors (Lipinski definition) is 5. The van der Waals surface area contributed by atoms with Crippen molar-refractivity contribution < 1.29 is 43.7 Å². The Balaban J connectivity index is 4.09. The number of esters is 1. The molecule has 0 radical (unpaired) electrons. The third kappa shape index (κ3) is 14.2. The van der Waals surface area contributed by atoms with Gasteiger partial charge in [0.15, 0.2) is 5.12 Å². The first-order valence-corrected chi connectivity index (χ1v) is 11.3. The van der Waals surface area contributed by atoms with Crippen LogP contribution in [0.3, 0.4) is 0 Å². The highest BCUT2D eigenvalue weighted by molar-refractivity contribution is 8.13. The summed E-state index contributed by atoms with van der Waals surface area (Å²) in [4.78, 5) is 68.5. The fourth-order valence-electron chi connectivity index (χ4n) is 2.40. The van der Waals surface area contributed by atoms with Crippen molar-refractivity contribution in [2.45, 2.75) is 59.1 Å². The Morgan fingerprint density at radius 1 is 1.00 bits per heavy atom. The van der Waals surface area contributed by atoms with Crippen molar-refractivity contribution in [3.05, 3.63) is 0 Å². The number of carboxylic acids is 1. The van der Waals surface area contributed by atoms with Gasteiger partial charge in [-0.2, -0.15) is 0 Å². The maximum Gasteiger partial charge on any atom is 0.326 e. The molecular formula is C20H33N3O9S. The number of aliphatic hydroxyl groups is 1. The summed E-state index contributed by atoms with van der Waals surface area (Å²) in [6.45, 7) is 5.57. The van der Waals surface area contributed by atoms with Gasteiger partial charge in [-0.25, -0.2) is 4.79 Å². The van der Waals surface area contributed by atoms with Crippen LogP contribution < -0.4 is 16.0 Å². The van der Waals surface area contributed by atoms with Crippen molar-refractivity contribution in [2.75, 3.05) is 25.4 Å². The highest BCUT2D eigenvalue weighted by Gasteiger charge is 2.34. The summed E-state index contributed by atoms with van der Waals surface area (Å²) >= 11 is 0.935. The minimum absolute atomic E-state index is 0.0167. The van der Waals surface area contributed by atoms with Crippen LogP contribution in [0.5, 0.6) is 0 Å². The lowest BCUT2D eigenvalue weighted by Crippen LogP contribution is -2.46. The van der Waals surface area contributed by atoms with Crippen LogP contribution in [0, 0.1) is 5.41 Å². The van der Waals surface area contributed by atoms with Gasteiger partial charge in [0, 0.05) is 50.9 Å². The highest BCUT2D eigenvalue weighted by atomic mass is 32.2. The third-order valence-corrected chi connectivity index (χ3v) is 5.22. The van der Waals surface area contributed by atoms with Gasteiger partial charge in [-0.1, -0.05) is 25.6 Å². The maximum absolute atomic E-state index is 12.0. The first-order chi connectivity index (χ1) is 15.3. The van der Waals surface area contributed by atoms with Crippen molar-refractivity contribution in [2.24, 2.45) is 5.41 Å². The van der Waals surface area contributed by atoms with Crippen LogP contribution in [0.2, 0.25) is 0 Å². The van der Waals surface area contributed by atoms with Crippen LogP contribution in [0.25, 0.3) is 0 Å². The number of rotatable bonds is 15. The molecule has 0 aromatic heterocycles. The molecule has 188 valence electrons. The summed E-state index contributed by atoms with van der Waals surface area (Å²) in [6.07, 6.45) is -1.55. The van der Waals surface area contributed by atoms with E-state index in [0.29, 0.717) is 0 Å². The zero-order valence-corrected chi connectivity index (χ0v) is 20.1. The average molecular weight is 492 g/mol. The Bertz CT molecular complexity index is 728. The van der Waals surface area contributed by atoms with Crippen molar-refractivity contribution in [3.63, 3.8) is 0 Å². The van der Waals surface area contributed by atoms with Gasteiger partial charge >= 0.3 is 11.9 Å². The number of amides is 3. The molecule has 0 aliphatic rings. The number of nitrogens with one attached hydrogen (secondary N) is 3. The van der Waals surface area contributed by atoms with Crippen LogP contribution in [-0.2, 0) is 33.5 Å². The normalized spacial score (nSPS) is 12.8. The van der Waals surface area contributed by atoms with Crippen LogP contribution in [0.1, 0.15) is 47.0 Å². The van der Waals surface area contributed by atoms with Gasteiger partial charge in [0.2, 0.25) is 17.7 Å². The summed E-state index contributed by atoms with van der Waals surface area (Å²) in [6, 6.07) is -1.13. The van der Waals surface area contributed by atoms with Gasteiger partial charge < -0.3 is 30.9 Å². The SMILES string of the molecule is CC(=O)N[C@@H](CCC(=O)SCCNC(=O)CCNC(=O)[C@H](O)C(C)(C)COC(C)=O)C(=O)O. The molecule has 0 saturated heterocycles. The molecule has 13 heteroatoms. The number of aliphatic carboxylic acids is 1. The molecular weight excluding hydrogens is 458 g/mol. The molecule has 0 aromatic rings. The number of thioether (sulfide) groups is 1. The predicted octanol–water partition coefficient (Wildman–Crippen LogP) is -0.812. The minimum atomic E-state index is -1.44. The third-order valence-electron chi connectivity index (χ3n) is 4.29. The number of hydrogen-bond acceptors (Lipinski definition) is 9. The van der Waals surface area contributed by atoms with Crippen molar-refractivity contribution in [1.29, 1.82) is 0 Å². The lowest BCUT2D eigenvalue weighted by molar-refractivity contribution is -0.151. The standard InChI is InChI=1S/C20H33N3O9S/c1-12(24)23-14(19(30)31)5-6-16(27)33-10-9-21-15(26)7-8-22-18(29)17(28)20(3,4)11-32-13(2)25/h14,17,28H,5-11H2,1-4H3,(H,21,26)(H,22,29)(H,23,24)(H,30,31)/t14-,17-/m0/s1. The summed E-state index contributed by atoms with van der Waals surface area (Å²) < 4.78 is 4.83. The van der Waals surface area contributed by atoms with E-state index in [9.17, 15) is 33.9 Å². The first-order valence-electron chi connectivity index (χ1n) is 10.3. The number of aliphatic hydroxyl groups excluding tert-OH is 1. The second-order valence-corrected chi connectivity index (χ2v) is 9.07. The summed E-state index contributed by atoms with van der Waals surface area (Å²) in [7, 11) is 0. The van der Waals surface area contributed by atoms with E-state index in [1.807, 2.05) is 0 Å². The van der Waals surface area contributed by atoms with Crippen LogP contribution in [-0.4, -0.2) is 82.6 Å². The summed E-state index contributed by atoms with van der Waals surface area (Å²) in [5.74, 6) is -3.03. The van der Waals surface area contributed by atoms with E-state index in [1.54, 1.807) is 13.8 Å². The molecule has 0 saturated carbocycles. The van der Waals surface area contributed by atoms with Crippen LogP contribution in [0.4, 0.5) is 0 Å². The highest BCUT2D eigenvalue weighted by Crippen LogP contribution is 2.21. The molecule has 3 amide bonds. The lowest BCUT2D eigenvalue weighted by Gasteiger charge is -2.28. The molecule has 0 unspecified atom stereocenters.